The number of aromatic hydroxyl groups is 1. The zero-order valence-electron chi connectivity index (χ0n) is 8.00. The van der Waals surface area contributed by atoms with Crippen LogP contribution in [0.3, 0.4) is 0 Å². The number of hydrogen-bond donors (Lipinski definition) is 3. The molecular formula is C10H14FNO2. The topological polar surface area (TPSA) is 66.5 Å². The van der Waals surface area contributed by atoms with Crippen LogP contribution in [0.4, 0.5) is 4.39 Å². The van der Waals surface area contributed by atoms with Gasteiger partial charge in [0, 0.05) is 12.1 Å². The molecule has 0 amide bonds. The molecule has 0 fully saturated rings. The van der Waals surface area contributed by atoms with Gasteiger partial charge in [-0.3, -0.25) is 0 Å². The van der Waals surface area contributed by atoms with Gasteiger partial charge in [-0.25, -0.2) is 4.39 Å². The Morgan fingerprint density at radius 1 is 1.50 bits per heavy atom. The normalized spacial score (nSPS) is 15.1. The Kier molecular flexibility index (Phi) is 3.08. The van der Waals surface area contributed by atoms with Crippen LogP contribution in [0.2, 0.25) is 0 Å². The summed E-state index contributed by atoms with van der Waals surface area (Å²) in [5, 5.41) is 17.7. The summed E-state index contributed by atoms with van der Waals surface area (Å²) in [6, 6.07) is 3.99. The Balaban J connectivity index is 3.01. The lowest BCUT2D eigenvalue weighted by molar-refractivity contribution is 0.247. The molecule has 0 unspecified atom stereocenters. The van der Waals surface area contributed by atoms with Crippen molar-refractivity contribution in [2.75, 3.05) is 6.61 Å². The highest BCUT2D eigenvalue weighted by Crippen LogP contribution is 2.25. The third-order valence-corrected chi connectivity index (χ3v) is 2.24. The summed E-state index contributed by atoms with van der Waals surface area (Å²) in [7, 11) is 0. The number of rotatable bonds is 3. The molecule has 0 spiro atoms. The van der Waals surface area contributed by atoms with Crippen molar-refractivity contribution in [3.05, 3.63) is 29.6 Å². The zero-order chi connectivity index (χ0) is 10.8. The van der Waals surface area contributed by atoms with Crippen LogP contribution in [-0.4, -0.2) is 16.8 Å². The van der Waals surface area contributed by atoms with Crippen molar-refractivity contribution < 1.29 is 14.6 Å². The van der Waals surface area contributed by atoms with Crippen LogP contribution in [0.15, 0.2) is 18.2 Å². The van der Waals surface area contributed by atoms with Crippen molar-refractivity contribution in [1.82, 2.24) is 0 Å². The largest absolute Gasteiger partial charge is 0.505 e. The maximum Gasteiger partial charge on any atom is 0.165 e. The van der Waals surface area contributed by atoms with Gasteiger partial charge < -0.3 is 15.9 Å². The molecule has 0 bridgehead atoms. The molecule has 4 heteroatoms. The van der Waals surface area contributed by atoms with Crippen molar-refractivity contribution >= 4 is 0 Å². The van der Waals surface area contributed by atoms with Gasteiger partial charge in [0.25, 0.3) is 0 Å². The molecule has 1 atom stereocenters. The fourth-order valence-electron chi connectivity index (χ4n) is 1.24. The predicted molar refractivity (Wildman–Crippen MR) is 51.3 cm³/mol. The molecule has 1 aromatic carbocycles. The van der Waals surface area contributed by atoms with E-state index in [0.717, 1.165) is 0 Å². The van der Waals surface area contributed by atoms with E-state index in [0.29, 0.717) is 12.0 Å². The molecule has 3 nitrogen and oxygen atoms in total. The fourth-order valence-corrected chi connectivity index (χ4v) is 1.24. The first kappa shape index (κ1) is 10.9. The Labute approximate surface area is 82.0 Å². The second-order valence-corrected chi connectivity index (χ2v) is 3.56. The van der Waals surface area contributed by atoms with Gasteiger partial charge in [0.15, 0.2) is 11.6 Å². The number of nitrogens with two attached hydrogens (primary N) is 1. The SMILES string of the molecule is C[C@@](N)(CCO)c1ccc(O)c(F)c1. The number of hydrogen-bond acceptors (Lipinski definition) is 3. The lowest BCUT2D eigenvalue weighted by Crippen LogP contribution is -2.34. The maximum atomic E-state index is 13.0. The van der Waals surface area contributed by atoms with Crippen LogP contribution < -0.4 is 5.73 Å². The van der Waals surface area contributed by atoms with E-state index >= 15 is 0 Å². The molecule has 1 rings (SSSR count). The van der Waals surface area contributed by atoms with E-state index in [1.54, 1.807) is 13.0 Å². The van der Waals surface area contributed by atoms with Crippen molar-refractivity contribution in [3.63, 3.8) is 0 Å². The summed E-state index contributed by atoms with van der Waals surface area (Å²) in [6.07, 6.45) is 0.344. The van der Waals surface area contributed by atoms with Crippen molar-refractivity contribution in [3.8, 4) is 5.75 Å². The van der Waals surface area contributed by atoms with Gasteiger partial charge in [-0.2, -0.15) is 0 Å². The van der Waals surface area contributed by atoms with Gasteiger partial charge >= 0.3 is 0 Å². The molecule has 0 aliphatic rings. The molecule has 0 saturated heterocycles. The number of aliphatic hydroxyl groups is 1. The molecule has 78 valence electrons. The lowest BCUT2D eigenvalue weighted by atomic mass is 9.90. The standard InChI is InChI=1S/C10H14FNO2/c1-10(12,4-5-13)7-2-3-9(14)8(11)6-7/h2-3,6,13-14H,4-5,12H2,1H3/t10-/m1/s1. The molecule has 4 N–H and O–H groups in total. The summed E-state index contributed by atoms with van der Waals surface area (Å²) >= 11 is 0. The van der Waals surface area contributed by atoms with E-state index in [1.807, 2.05) is 0 Å². The monoisotopic (exact) mass is 199 g/mol. The molecule has 0 aromatic heterocycles. The van der Waals surface area contributed by atoms with Gasteiger partial charge in [-0.05, 0) is 31.0 Å². The average Bonchev–Trinajstić information content (AvgIpc) is 2.09. The maximum absolute atomic E-state index is 13.0. The number of phenolic OH excluding ortho intramolecular Hbond substituents is 1. The minimum Gasteiger partial charge on any atom is -0.505 e. The fraction of sp³-hybridized carbons (Fsp3) is 0.400. The van der Waals surface area contributed by atoms with Gasteiger partial charge in [0.1, 0.15) is 0 Å². The van der Waals surface area contributed by atoms with Gasteiger partial charge in [-0.15, -0.1) is 0 Å². The summed E-state index contributed by atoms with van der Waals surface area (Å²) in [5.41, 5.74) is 5.64. The summed E-state index contributed by atoms with van der Waals surface area (Å²) in [5.74, 6) is -1.09. The number of halogens is 1. The average molecular weight is 199 g/mol. The second-order valence-electron chi connectivity index (χ2n) is 3.56. The van der Waals surface area contributed by atoms with Gasteiger partial charge in [-0.1, -0.05) is 6.07 Å². The second kappa shape index (κ2) is 3.94. The van der Waals surface area contributed by atoms with Crippen molar-refractivity contribution in [1.29, 1.82) is 0 Å². The van der Waals surface area contributed by atoms with Gasteiger partial charge in [0.05, 0.1) is 0 Å². The Morgan fingerprint density at radius 2 is 2.14 bits per heavy atom. The lowest BCUT2D eigenvalue weighted by Gasteiger charge is -2.24. The van der Waals surface area contributed by atoms with Crippen LogP contribution >= 0.6 is 0 Å². The van der Waals surface area contributed by atoms with Crippen molar-refractivity contribution in [2.24, 2.45) is 5.73 Å². The Hall–Kier alpha value is -1.13. The number of phenols is 1. The third kappa shape index (κ3) is 2.21. The van der Waals surface area contributed by atoms with Crippen LogP contribution in [0.25, 0.3) is 0 Å². The molecule has 0 aliphatic carbocycles. The molecule has 1 aromatic rings. The summed E-state index contributed by atoms with van der Waals surface area (Å²) in [4.78, 5) is 0. The first-order valence-electron chi connectivity index (χ1n) is 4.36. The Bertz CT molecular complexity index is 326. The van der Waals surface area contributed by atoms with Gasteiger partial charge in [0.2, 0.25) is 0 Å². The molecule has 14 heavy (non-hydrogen) atoms. The molecule has 0 aliphatic heterocycles. The minimum atomic E-state index is -0.775. The smallest absolute Gasteiger partial charge is 0.165 e. The minimum absolute atomic E-state index is 0.0600. The predicted octanol–water partition coefficient (Wildman–Crippen LogP) is 1.09. The highest BCUT2D eigenvalue weighted by atomic mass is 19.1. The van der Waals surface area contributed by atoms with Crippen molar-refractivity contribution in [2.45, 2.75) is 18.9 Å². The van der Waals surface area contributed by atoms with Crippen LogP contribution in [0, 0.1) is 5.82 Å². The van der Waals surface area contributed by atoms with Crippen LogP contribution in [0.5, 0.6) is 5.75 Å². The van der Waals surface area contributed by atoms with Crippen LogP contribution in [-0.2, 0) is 5.54 Å². The first-order valence-corrected chi connectivity index (χ1v) is 4.36. The summed E-state index contributed by atoms with van der Waals surface area (Å²) in [6.45, 7) is 1.64. The van der Waals surface area contributed by atoms with Crippen LogP contribution in [0.1, 0.15) is 18.9 Å². The quantitative estimate of drug-likeness (QED) is 0.682. The van der Waals surface area contributed by atoms with E-state index < -0.39 is 17.1 Å². The van der Waals surface area contributed by atoms with E-state index in [4.69, 9.17) is 15.9 Å². The summed E-state index contributed by atoms with van der Waals surface area (Å²) < 4.78 is 13.0. The van der Waals surface area contributed by atoms with E-state index in [-0.39, 0.29) is 6.61 Å². The highest BCUT2D eigenvalue weighted by molar-refractivity contribution is 5.31. The highest BCUT2D eigenvalue weighted by Gasteiger charge is 2.21. The first-order chi connectivity index (χ1) is 6.47. The molecule has 0 saturated carbocycles. The van der Waals surface area contributed by atoms with E-state index in [2.05, 4.69) is 0 Å². The number of benzene rings is 1. The molecular weight excluding hydrogens is 185 g/mol. The molecule has 0 heterocycles. The van der Waals surface area contributed by atoms with E-state index in [1.165, 1.54) is 12.1 Å². The zero-order valence-corrected chi connectivity index (χ0v) is 8.00. The molecule has 0 radical (unpaired) electrons. The van der Waals surface area contributed by atoms with E-state index in [9.17, 15) is 4.39 Å². The third-order valence-electron chi connectivity index (χ3n) is 2.24. The Morgan fingerprint density at radius 3 is 2.64 bits per heavy atom. The number of aliphatic hydroxyl groups excluding tert-OH is 1.